The van der Waals surface area contributed by atoms with Gasteiger partial charge in [-0.05, 0) is 38.0 Å². The molecule has 0 aliphatic carbocycles. The van der Waals surface area contributed by atoms with Crippen LogP contribution in [0.25, 0.3) is 0 Å². The summed E-state index contributed by atoms with van der Waals surface area (Å²) in [6.45, 7) is 4.72. The molecule has 104 valence electrons. The lowest BCUT2D eigenvalue weighted by molar-refractivity contribution is -0.143. The van der Waals surface area contributed by atoms with Gasteiger partial charge in [0.15, 0.2) is 5.96 Å². The number of anilines is 1. The van der Waals surface area contributed by atoms with Gasteiger partial charge >= 0.3 is 5.97 Å². The number of nitrogens with one attached hydrogen (secondary N) is 1. The summed E-state index contributed by atoms with van der Waals surface area (Å²) in [5.41, 5.74) is 7.82. The van der Waals surface area contributed by atoms with Gasteiger partial charge < -0.3 is 15.8 Å². The minimum atomic E-state index is -0.192. The second-order valence-electron chi connectivity index (χ2n) is 4.17. The van der Waals surface area contributed by atoms with Crippen molar-refractivity contribution < 1.29 is 9.53 Å². The normalized spacial score (nSPS) is 11.2. The molecule has 0 bridgehead atoms. The van der Waals surface area contributed by atoms with Crippen LogP contribution in [0.2, 0.25) is 0 Å². The standard InChI is InChI=1S/C14H21N3O2/c1-3-19-13(18)8-5-9-16-14(15)17-12-7-4-6-11(2)10-12/h4,6-7,10H,3,5,8-9H2,1-2H3,(H3,15,16,17). The van der Waals surface area contributed by atoms with Gasteiger partial charge in [0.25, 0.3) is 0 Å². The molecule has 1 aromatic rings. The Balaban J connectivity index is 2.31. The Morgan fingerprint density at radius 1 is 1.47 bits per heavy atom. The van der Waals surface area contributed by atoms with Gasteiger partial charge in [0.1, 0.15) is 0 Å². The maximum Gasteiger partial charge on any atom is 0.305 e. The van der Waals surface area contributed by atoms with Gasteiger partial charge in [-0.3, -0.25) is 9.79 Å². The number of carbonyl (C=O) groups is 1. The number of esters is 1. The van der Waals surface area contributed by atoms with Crippen LogP contribution >= 0.6 is 0 Å². The van der Waals surface area contributed by atoms with Crippen LogP contribution in [0.1, 0.15) is 25.3 Å². The highest BCUT2D eigenvalue weighted by molar-refractivity contribution is 5.92. The number of hydrogen-bond donors (Lipinski definition) is 2. The molecule has 0 aliphatic heterocycles. The highest BCUT2D eigenvalue weighted by Gasteiger charge is 2.00. The van der Waals surface area contributed by atoms with Crippen LogP contribution < -0.4 is 11.1 Å². The quantitative estimate of drug-likeness (QED) is 0.356. The van der Waals surface area contributed by atoms with Crippen LogP contribution in [0.4, 0.5) is 5.69 Å². The van der Waals surface area contributed by atoms with Crippen LogP contribution in [0, 0.1) is 6.92 Å². The molecule has 0 saturated carbocycles. The number of hydrogen-bond acceptors (Lipinski definition) is 3. The molecule has 0 saturated heterocycles. The topological polar surface area (TPSA) is 76.7 Å². The lowest BCUT2D eigenvalue weighted by Crippen LogP contribution is -2.23. The van der Waals surface area contributed by atoms with E-state index in [1.165, 1.54) is 0 Å². The van der Waals surface area contributed by atoms with Crippen molar-refractivity contribution in [3.05, 3.63) is 29.8 Å². The van der Waals surface area contributed by atoms with E-state index in [0.29, 0.717) is 32.0 Å². The third-order valence-corrected chi connectivity index (χ3v) is 2.42. The fourth-order valence-corrected chi connectivity index (χ4v) is 1.57. The average Bonchev–Trinajstić information content (AvgIpc) is 2.35. The summed E-state index contributed by atoms with van der Waals surface area (Å²) in [5.74, 6) is 0.164. The molecule has 1 aromatic carbocycles. The molecule has 0 aromatic heterocycles. The summed E-state index contributed by atoms with van der Waals surface area (Å²) in [7, 11) is 0. The van der Waals surface area contributed by atoms with E-state index in [1.807, 2.05) is 31.2 Å². The number of carbonyl (C=O) groups excluding carboxylic acids is 1. The summed E-state index contributed by atoms with van der Waals surface area (Å²) < 4.78 is 4.82. The van der Waals surface area contributed by atoms with Gasteiger partial charge in [-0.1, -0.05) is 12.1 Å². The van der Waals surface area contributed by atoms with E-state index >= 15 is 0 Å². The molecule has 5 nitrogen and oxygen atoms in total. The minimum Gasteiger partial charge on any atom is -0.466 e. The Labute approximate surface area is 113 Å². The van der Waals surface area contributed by atoms with Crippen LogP contribution in [-0.4, -0.2) is 25.1 Å². The zero-order chi connectivity index (χ0) is 14.1. The number of nitrogens with two attached hydrogens (primary N) is 1. The van der Waals surface area contributed by atoms with Gasteiger partial charge in [0.2, 0.25) is 0 Å². The Morgan fingerprint density at radius 2 is 2.26 bits per heavy atom. The smallest absolute Gasteiger partial charge is 0.305 e. The second kappa shape index (κ2) is 8.13. The van der Waals surface area contributed by atoms with Crippen molar-refractivity contribution in [3.63, 3.8) is 0 Å². The molecule has 5 heteroatoms. The number of benzene rings is 1. The van der Waals surface area contributed by atoms with Crippen LogP contribution in [0.3, 0.4) is 0 Å². The molecule has 0 unspecified atom stereocenters. The molecular weight excluding hydrogens is 242 g/mol. The maximum absolute atomic E-state index is 11.1. The first-order valence-electron chi connectivity index (χ1n) is 6.41. The summed E-state index contributed by atoms with van der Waals surface area (Å²) in [5, 5.41) is 3.01. The van der Waals surface area contributed by atoms with E-state index in [9.17, 15) is 4.79 Å². The third kappa shape index (κ3) is 6.45. The predicted octanol–water partition coefficient (Wildman–Crippen LogP) is 2.06. The van der Waals surface area contributed by atoms with E-state index in [1.54, 1.807) is 6.92 Å². The van der Waals surface area contributed by atoms with Gasteiger partial charge in [-0.2, -0.15) is 0 Å². The van der Waals surface area contributed by atoms with Crippen molar-refractivity contribution in [2.75, 3.05) is 18.5 Å². The number of ether oxygens (including phenoxy) is 1. The molecule has 19 heavy (non-hydrogen) atoms. The maximum atomic E-state index is 11.1. The van der Waals surface area contributed by atoms with E-state index in [-0.39, 0.29) is 5.97 Å². The second-order valence-corrected chi connectivity index (χ2v) is 4.17. The van der Waals surface area contributed by atoms with Crippen molar-refractivity contribution in [1.29, 1.82) is 0 Å². The van der Waals surface area contributed by atoms with Crippen molar-refractivity contribution in [2.24, 2.45) is 10.7 Å². The summed E-state index contributed by atoms with van der Waals surface area (Å²) in [6, 6.07) is 7.87. The van der Waals surface area contributed by atoms with Gasteiger partial charge in [0, 0.05) is 18.7 Å². The molecule has 0 atom stereocenters. The first-order valence-corrected chi connectivity index (χ1v) is 6.41. The number of guanidine groups is 1. The number of aryl methyl sites for hydroxylation is 1. The fraction of sp³-hybridized carbons (Fsp3) is 0.429. The molecule has 0 radical (unpaired) electrons. The van der Waals surface area contributed by atoms with Crippen molar-refractivity contribution in [2.45, 2.75) is 26.7 Å². The predicted molar refractivity (Wildman–Crippen MR) is 77.2 cm³/mol. The Kier molecular flexibility index (Phi) is 6.43. The summed E-state index contributed by atoms with van der Waals surface area (Å²) >= 11 is 0. The highest BCUT2D eigenvalue weighted by atomic mass is 16.5. The van der Waals surface area contributed by atoms with E-state index < -0.39 is 0 Å². The first kappa shape index (κ1) is 15.0. The summed E-state index contributed by atoms with van der Waals surface area (Å²) in [6.07, 6.45) is 1.00. The molecular formula is C14H21N3O2. The highest BCUT2D eigenvalue weighted by Crippen LogP contribution is 2.08. The minimum absolute atomic E-state index is 0.192. The number of aliphatic imine (C=N–C) groups is 1. The van der Waals surface area contributed by atoms with Crippen LogP contribution in [-0.2, 0) is 9.53 Å². The summed E-state index contributed by atoms with van der Waals surface area (Å²) in [4.78, 5) is 15.3. The first-order chi connectivity index (χ1) is 9.11. The molecule has 0 amide bonds. The molecule has 0 heterocycles. The monoisotopic (exact) mass is 263 g/mol. The molecule has 3 N–H and O–H groups in total. The lowest BCUT2D eigenvalue weighted by Gasteiger charge is -2.06. The zero-order valence-electron chi connectivity index (χ0n) is 11.5. The van der Waals surface area contributed by atoms with Crippen molar-refractivity contribution in [1.82, 2.24) is 0 Å². The van der Waals surface area contributed by atoms with Crippen LogP contribution in [0.15, 0.2) is 29.3 Å². The van der Waals surface area contributed by atoms with Crippen LogP contribution in [0.5, 0.6) is 0 Å². The lowest BCUT2D eigenvalue weighted by atomic mass is 10.2. The molecule has 1 rings (SSSR count). The molecule has 0 spiro atoms. The number of rotatable bonds is 6. The Hall–Kier alpha value is -2.04. The van der Waals surface area contributed by atoms with E-state index in [2.05, 4.69) is 10.3 Å². The Bertz CT molecular complexity index is 444. The SMILES string of the molecule is CCOC(=O)CCCN=C(N)Nc1cccc(C)c1. The zero-order valence-corrected chi connectivity index (χ0v) is 11.5. The molecule has 0 aliphatic rings. The fourth-order valence-electron chi connectivity index (χ4n) is 1.57. The molecule has 0 fully saturated rings. The van der Waals surface area contributed by atoms with Crippen molar-refractivity contribution >= 4 is 17.6 Å². The van der Waals surface area contributed by atoms with Gasteiger partial charge in [0.05, 0.1) is 6.61 Å². The third-order valence-electron chi connectivity index (χ3n) is 2.42. The van der Waals surface area contributed by atoms with Gasteiger partial charge in [-0.25, -0.2) is 0 Å². The van der Waals surface area contributed by atoms with E-state index in [4.69, 9.17) is 10.5 Å². The largest absolute Gasteiger partial charge is 0.466 e. The van der Waals surface area contributed by atoms with Crippen molar-refractivity contribution in [3.8, 4) is 0 Å². The van der Waals surface area contributed by atoms with E-state index in [0.717, 1.165) is 11.3 Å². The number of nitrogens with zero attached hydrogens (tertiary/aromatic N) is 1. The van der Waals surface area contributed by atoms with Gasteiger partial charge in [-0.15, -0.1) is 0 Å². The average molecular weight is 263 g/mol. The Morgan fingerprint density at radius 3 is 2.95 bits per heavy atom.